The Labute approximate surface area is 189 Å². The van der Waals surface area contributed by atoms with Crippen LogP contribution in [0.25, 0.3) is 0 Å². The van der Waals surface area contributed by atoms with Crippen molar-refractivity contribution in [1.29, 1.82) is 0 Å². The third kappa shape index (κ3) is 5.57. The highest BCUT2D eigenvalue weighted by atomic mass is 32.2. The Morgan fingerprint density at radius 1 is 1.09 bits per heavy atom. The zero-order valence-electron chi connectivity index (χ0n) is 18.7. The van der Waals surface area contributed by atoms with E-state index in [-0.39, 0.29) is 54.4 Å². The predicted molar refractivity (Wildman–Crippen MR) is 120 cm³/mol. The van der Waals surface area contributed by atoms with Crippen LogP contribution in [0.3, 0.4) is 0 Å². The number of nitro benzene ring substituents is 1. The number of nitrogens with zero attached hydrogens (tertiary/aromatic N) is 3. The second-order valence-electron chi connectivity index (χ2n) is 8.56. The van der Waals surface area contributed by atoms with Gasteiger partial charge in [0.2, 0.25) is 15.9 Å². The van der Waals surface area contributed by atoms with Crippen molar-refractivity contribution in [3.63, 3.8) is 0 Å². The second-order valence-corrected chi connectivity index (χ2v) is 10.5. The highest BCUT2D eigenvalue weighted by Gasteiger charge is 2.32. The minimum atomic E-state index is -3.87. The van der Waals surface area contributed by atoms with Crippen molar-refractivity contribution in [2.45, 2.75) is 50.5 Å². The molecule has 178 valence electrons. The molecule has 0 spiro atoms. The van der Waals surface area contributed by atoms with Crippen molar-refractivity contribution in [1.82, 2.24) is 9.21 Å². The summed E-state index contributed by atoms with van der Waals surface area (Å²) >= 11 is 0. The number of anilines is 1. The van der Waals surface area contributed by atoms with Crippen LogP contribution in [0.15, 0.2) is 23.1 Å². The summed E-state index contributed by atoms with van der Waals surface area (Å²) in [5, 5.41) is 14.8. The smallest absolute Gasteiger partial charge is 0.293 e. The Morgan fingerprint density at radius 2 is 1.72 bits per heavy atom. The number of sulfonamides is 1. The topological polar surface area (TPSA) is 122 Å². The average molecular weight is 469 g/mol. The first-order valence-corrected chi connectivity index (χ1v) is 12.6. The molecule has 2 fully saturated rings. The number of ether oxygens (including phenoxy) is 1. The molecule has 1 atom stereocenters. The van der Waals surface area contributed by atoms with Gasteiger partial charge < -0.3 is 15.0 Å². The van der Waals surface area contributed by atoms with Gasteiger partial charge in [0.15, 0.2) is 0 Å². The fourth-order valence-corrected chi connectivity index (χ4v) is 5.48. The third-order valence-electron chi connectivity index (χ3n) is 5.94. The summed E-state index contributed by atoms with van der Waals surface area (Å²) < 4.78 is 32.3. The lowest BCUT2D eigenvalue weighted by Gasteiger charge is -2.29. The highest BCUT2D eigenvalue weighted by Crippen LogP contribution is 2.31. The lowest BCUT2D eigenvalue weighted by atomic mass is 10.0. The summed E-state index contributed by atoms with van der Waals surface area (Å²) in [7, 11) is -3.87. The van der Waals surface area contributed by atoms with E-state index in [1.54, 1.807) is 0 Å². The van der Waals surface area contributed by atoms with Crippen LogP contribution in [0.4, 0.5) is 11.4 Å². The lowest BCUT2D eigenvalue weighted by molar-refractivity contribution is -0.384. The molecule has 0 aliphatic carbocycles. The molecule has 2 aliphatic heterocycles. The van der Waals surface area contributed by atoms with E-state index in [4.69, 9.17) is 4.74 Å². The van der Waals surface area contributed by atoms with Gasteiger partial charge in [0, 0.05) is 32.2 Å². The summed E-state index contributed by atoms with van der Waals surface area (Å²) in [4.78, 5) is 26.0. The maximum absolute atomic E-state index is 13.2. The quantitative estimate of drug-likeness (QED) is 0.482. The molecule has 32 heavy (non-hydrogen) atoms. The van der Waals surface area contributed by atoms with Crippen molar-refractivity contribution in [3.05, 3.63) is 28.3 Å². The first-order chi connectivity index (χ1) is 15.2. The molecule has 2 aliphatic rings. The highest BCUT2D eigenvalue weighted by molar-refractivity contribution is 7.89. The number of carbonyl (C=O) groups excluding carboxylic acids is 1. The molecule has 2 heterocycles. The standard InChI is InChI=1S/C21H32N4O6S/c1-16(2)20(21(26)23-9-5-3-4-6-10-23)22-18-8-7-17(15-19(18)25(27)28)32(29,30)24-11-13-31-14-12-24/h7-8,15-16,20,22H,3-6,9-14H2,1-2H3/t20-/m1/s1. The van der Waals surface area contributed by atoms with Gasteiger partial charge in [-0.05, 0) is 30.9 Å². The largest absolute Gasteiger partial charge is 0.379 e. The van der Waals surface area contributed by atoms with Crippen molar-refractivity contribution < 1.29 is 22.9 Å². The molecule has 1 aromatic rings. The number of nitrogens with one attached hydrogen (secondary N) is 1. The molecule has 1 amide bonds. The number of likely N-dealkylation sites (tertiary alicyclic amines) is 1. The molecule has 2 saturated heterocycles. The molecule has 0 bridgehead atoms. The third-order valence-corrected chi connectivity index (χ3v) is 7.83. The Kier molecular flexibility index (Phi) is 8.07. The van der Waals surface area contributed by atoms with Crippen LogP contribution in [-0.4, -0.2) is 73.9 Å². The lowest BCUT2D eigenvalue weighted by Crippen LogP contribution is -2.46. The van der Waals surface area contributed by atoms with Gasteiger partial charge in [0.1, 0.15) is 11.7 Å². The number of nitro groups is 1. The van der Waals surface area contributed by atoms with Gasteiger partial charge in [0.05, 0.1) is 23.0 Å². The van der Waals surface area contributed by atoms with Crippen LogP contribution in [0.1, 0.15) is 39.5 Å². The van der Waals surface area contributed by atoms with E-state index in [1.807, 2.05) is 18.7 Å². The van der Waals surface area contributed by atoms with E-state index >= 15 is 0 Å². The summed E-state index contributed by atoms with van der Waals surface area (Å²) in [6.45, 7) is 6.12. The summed E-state index contributed by atoms with van der Waals surface area (Å²) in [6.07, 6.45) is 4.08. The first kappa shape index (κ1) is 24.4. The number of morpholine rings is 1. The Hall–Kier alpha value is -2.24. The van der Waals surface area contributed by atoms with Crippen molar-refractivity contribution in [3.8, 4) is 0 Å². The number of rotatable bonds is 7. The molecule has 0 unspecified atom stereocenters. The minimum absolute atomic E-state index is 0.0822. The van der Waals surface area contributed by atoms with Gasteiger partial charge in [0.25, 0.3) is 5.69 Å². The molecule has 11 heteroatoms. The van der Waals surface area contributed by atoms with Gasteiger partial charge in [-0.25, -0.2) is 8.42 Å². The van der Waals surface area contributed by atoms with Crippen molar-refractivity contribution >= 4 is 27.3 Å². The molecule has 0 saturated carbocycles. The van der Waals surface area contributed by atoms with Crippen molar-refractivity contribution in [2.24, 2.45) is 5.92 Å². The number of carbonyl (C=O) groups is 1. The SMILES string of the molecule is CC(C)[C@@H](Nc1ccc(S(=O)(=O)N2CCOCC2)cc1[N+](=O)[O-])C(=O)N1CCCCCC1. The monoisotopic (exact) mass is 468 g/mol. The maximum atomic E-state index is 13.2. The van der Waals surface area contributed by atoms with Gasteiger partial charge in [-0.2, -0.15) is 4.31 Å². The first-order valence-electron chi connectivity index (χ1n) is 11.1. The number of hydrogen-bond donors (Lipinski definition) is 1. The van der Waals surface area contributed by atoms with Gasteiger partial charge in [-0.1, -0.05) is 26.7 Å². The van der Waals surface area contributed by atoms with Crippen LogP contribution in [0, 0.1) is 16.0 Å². The molecule has 0 radical (unpaired) electrons. The number of hydrogen-bond acceptors (Lipinski definition) is 7. The number of benzene rings is 1. The van der Waals surface area contributed by atoms with E-state index < -0.39 is 21.0 Å². The molecular weight excluding hydrogens is 436 g/mol. The second kappa shape index (κ2) is 10.6. The molecule has 0 aromatic heterocycles. The molecule has 1 aromatic carbocycles. The molecule has 3 rings (SSSR count). The fraction of sp³-hybridized carbons (Fsp3) is 0.667. The molecular formula is C21H32N4O6S. The van der Waals surface area contributed by atoms with Gasteiger partial charge in [-0.15, -0.1) is 0 Å². The molecule has 1 N–H and O–H groups in total. The normalized spacial score (nSPS) is 19.4. The van der Waals surface area contributed by atoms with E-state index in [2.05, 4.69) is 5.32 Å². The Morgan fingerprint density at radius 3 is 2.28 bits per heavy atom. The number of amides is 1. The minimum Gasteiger partial charge on any atom is -0.379 e. The van der Waals surface area contributed by atoms with Crippen LogP contribution in [-0.2, 0) is 19.6 Å². The summed E-state index contributed by atoms with van der Waals surface area (Å²) in [6, 6.07) is 3.17. The van der Waals surface area contributed by atoms with Crippen LogP contribution >= 0.6 is 0 Å². The van der Waals surface area contributed by atoms with Crippen LogP contribution < -0.4 is 5.32 Å². The predicted octanol–water partition coefficient (Wildman–Crippen LogP) is 2.45. The van der Waals surface area contributed by atoms with E-state index in [0.717, 1.165) is 31.7 Å². The van der Waals surface area contributed by atoms with Crippen molar-refractivity contribution in [2.75, 3.05) is 44.7 Å². The summed E-state index contributed by atoms with van der Waals surface area (Å²) in [5.74, 6) is -0.191. The van der Waals surface area contributed by atoms with Gasteiger partial charge >= 0.3 is 0 Å². The van der Waals surface area contributed by atoms with E-state index in [0.29, 0.717) is 13.1 Å². The van der Waals surface area contributed by atoms with Crippen LogP contribution in [0.2, 0.25) is 0 Å². The van der Waals surface area contributed by atoms with Crippen LogP contribution in [0.5, 0.6) is 0 Å². The summed E-state index contributed by atoms with van der Waals surface area (Å²) in [5.41, 5.74) is -0.230. The van der Waals surface area contributed by atoms with E-state index in [9.17, 15) is 23.3 Å². The zero-order valence-corrected chi connectivity index (χ0v) is 19.5. The maximum Gasteiger partial charge on any atom is 0.293 e. The Balaban J connectivity index is 1.87. The van der Waals surface area contributed by atoms with E-state index in [1.165, 1.54) is 16.4 Å². The Bertz CT molecular complexity index is 922. The average Bonchev–Trinajstić information content (AvgIpc) is 3.07. The van der Waals surface area contributed by atoms with Gasteiger partial charge in [-0.3, -0.25) is 14.9 Å². The zero-order chi connectivity index (χ0) is 23.3. The molecule has 10 nitrogen and oxygen atoms in total. The fourth-order valence-electron chi connectivity index (χ4n) is 4.05.